The van der Waals surface area contributed by atoms with Crippen LogP contribution in [0.2, 0.25) is 0 Å². The molecule has 0 bridgehead atoms. The fourth-order valence-corrected chi connectivity index (χ4v) is 7.76. The minimum Gasteiger partial charge on any atom is -0.361 e. The number of nitrogens with zero attached hydrogens (tertiary/aromatic N) is 3. The molecule has 1 unspecified atom stereocenters. The van der Waals surface area contributed by atoms with Crippen LogP contribution >= 0.6 is 0 Å². The molecule has 1 aliphatic carbocycles. The summed E-state index contributed by atoms with van der Waals surface area (Å²) in [7, 11) is -3.87. The van der Waals surface area contributed by atoms with Crippen molar-refractivity contribution in [2.24, 2.45) is 0 Å². The lowest BCUT2D eigenvalue weighted by Crippen LogP contribution is -2.42. The SMILES string of the molecule is CC1(S(=O)(=O)n2ccc3cccnc32)C=C(c2ccc(CN3CCNCC3)cc2)C=C(c2ccc3[nH]ccc3c2)C1. The van der Waals surface area contributed by atoms with Gasteiger partial charge in [0.15, 0.2) is 5.65 Å². The number of fused-ring (bicyclic) bond motifs is 2. The number of hydrogen-bond acceptors (Lipinski definition) is 5. The van der Waals surface area contributed by atoms with Crippen LogP contribution < -0.4 is 5.32 Å². The molecular weight excluding hydrogens is 530 g/mol. The molecule has 8 heteroatoms. The first-order chi connectivity index (χ1) is 19.9. The van der Waals surface area contributed by atoms with Crippen LogP contribution in [0.1, 0.15) is 30.0 Å². The maximum absolute atomic E-state index is 14.4. The Labute approximate surface area is 240 Å². The van der Waals surface area contributed by atoms with Crippen molar-refractivity contribution in [3.05, 3.63) is 114 Å². The lowest BCUT2D eigenvalue weighted by atomic mass is 9.84. The number of aromatic nitrogens is 3. The molecule has 1 saturated heterocycles. The van der Waals surface area contributed by atoms with Gasteiger partial charge in [0.25, 0.3) is 0 Å². The Hall–Kier alpha value is -3.98. The largest absolute Gasteiger partial charge is 0.361 e. The summed E-state index contributed by atoms with van der Waals surface area (Å²) in [5.74, 6) is 0. The second-order valence-electron chi connectivity index (χ2n) is 11.3. The molecule has 0 radical (unpaired) electrons. The van der Waals surface area contributed by atoms with Gasteiger partial charge >= 0.3 is 0 Å². The molecule has 7 nitrogen and oxygen atoms in total. The van der Waals surface area contributed by atoms with Gasteiger partial charge in [-0.2, -0.15) is 0 Å². The smallest absolute Gasteiger partial charge is 0.249 e. The Balaban J connectivity index is 1.30. The summed E-state index contributed by atoms with van der Waals surface area (Å²) < 4.78 is 29.0. The fourth-order valence-electron chi connectivity index (χ4n) is 6.10. The minimum atomic E-state index is -3.87. The summed E-state index contributed by atoms with van der Waals surface area (Å²) in [6.07, 6.45) is 9.62. The topological polar surface area (TPSA) is 83.0 Å². The zero-order valence-corrected chi connectivity index (χ0v) is 23.9. The van der Waals surface area contributed by atoms with Crippen molar-refractivity contribution in [2.45, 2.75) is 24.6 Å². The summed E-state index contributed by atoms with van der Waals surface area (Å²) in [5, 5.41) is 5.30. The zero-order chi connectivity index (χ0) is 28.0. The maximum atomic E-state index is 14.4. The van der Waals surface area contributed by atoms with E-state index in [1.807, 2.05) is 43.5 Å². The van der Waals surface area contributed by atoms with Crippen LogP contribution in [0.15, 0.2) is 97.5 Å². The van der Waals surface area contributed by atoms with Crippen LogP contribution in [0.5, 0.6) is 0 Å². The number of H-pyrrole nitrogens is 1. The lowest BCUT2D eigenvalue weighted by molar-refractivity contribution is 0.233. The molecule has 2 aromatic carbocycles. The highest BCUT2D eigenvalue weighted by molar-refractivity contribution is 7.91. The van der Waals surface area contributed by atoms with Crippen molar-refractivity contribution in [1.82, 2.24) is 24.2 Å². The van der Waals surface area contributed by atoms with Gasteiger partial charge in [0.1, 0.15) is 4.75 Å². The van der Waals surface area contributed by atoms with Crippen LogP contribution in [0, 0.1) is 0 Å². The molecule has 1 atom stereocenters. The van der Waals surface area contributed by atoms with E-state index in [2.05, 4.69) is 68.7 Å². The highest BCUT2D eigenvalue weighted by Gasteiger charge is 2.42. The molecule has 7 rings (SSSR count). The van der Waals surface area contributed by atoms with E-state index in [0.29, 0.717) is 12.1 Å². The fraction of sp³-hybridized carbons (Fsp3) is 0.242. The molecule has 2 N–H and O–H groups in total. The molecule has 0 amide bonds. The molecular formula is C33H33N5O2S. The Morgan fingerprint density at radius 1 is 0.951 bits per heavy atom. The third-order valence-corrected chi connectivity index (χ3v) is 10.7. The molecule has 0 spiro atoms. The Bertz CT molecular complexity index is 1910. The number of piperazine rings is 1. The van der Waals surface area contributed by atoms with Crippen LogP contribution in [0.4, 0.5) is 0 Å². The van der Waals surface area contributed by atoms with Gasteiger partial charge in [0, 0.05) is 62.2 Å². The molecule has 1 aliphatic heterocycles. The second kappa shape index (κ2) is 10.1. The maximum Gasteiger partial charge on any atom is 0.249 e. The molecule has 5 aromatic rings. The molecule has 4 heterocycles. The highest BCUT2D eigenvalue weighted by Crippen LogP contribution is 2.42. The molecule has 208 valence electrons. The summed E-state index contributed by atoms with van der Waals surface area (Å²) in [6, 6.07) is 22.4. The summed E-state index contributed by atoms with van der Waals surface area (Å²) in [6.45, 7) is 6.88. The van der Waals surface area contributed by atoms with Crippen molar-refractivity contribution in [2.75, 3.05) is 26.2 Å². The third kappa shape index (κ3) is 4.72. The first-order valence-electron chi connectivity index (χ1n) is 14.1. The van der Waals surface area contributed by atoms with Crippen molar-refractivity contribution < 1.29 is 8.42 Å². The summed E-state index contributed by atoms with van der Waals surface area (Å²) in [5.41, 5.74) is 6.69. The molecule has 3 aromatic heterocycles. The first kappa shape index (κ1) is 26.0. The van der Waals surface area contributed by atoms with Gasteiger partial charge in [-0.1, -0.05) is 42.5 Å². The lowest BCUT2D eigenvalue weighted by Gasteiger charge is -2.32. The molecule has 2 aliphatic rings. The number of allylic oxidation sites excluding steroid dienone is 3. The number of rotatable bonds is 6. The van der Waals surface area contributed by atoms with Gasteiger partial charge in [-0.15, -0.1) is 0 Å². The van der Waals surface area contributed by atoms with Crippen LogP contribution in [0.3, 0.4) is 0 Å². The number of nitrogens with one attached hydrogen (secondary N) is 2. The van der Waals surface area contributed by atoms with Gasteiger partial charge in [-0.3, -0.25) is 4.90 Å². The highest BCUT2D eigenvalue weighted by atomic mass is 32.2. The minimum absolute atomic E-state index is 0.350. The standard InChI is InChI=1S/C33H33N5O2S/c1-33(41(39,40)38-16-11-26-3-2-12-36-32(26)38)21-29(20-30(22-33)27-8-9-31-28(19-27)10-13-35-31)25-6-4-24(5-7-25)23-37-17-14-34-15-18-37/h2-13,16,19-21,34-35H,14-15,17-18,22-23H2,1H3. The van der Waals surface area contributed by atoms with Crippen molar-refractivity contribution in [3.63, 3.8) is 0 Å². The van der Waals surface area contributed by atoms with E-state index in [0.717, 1.165) is 71.3 Å². The van der Waals surface area contributed by atoms with Gasteiger partial charge in [-0.05, 0) is 83.0 Å². The van der Waals surface area contributed by atoms with E-state index in [1.54, 1.807) is 12.4 Å². The van der Waals surface area contributed by atoms with E-state index in [4.69, 9.17) is 0 Å². The molecule has 41 heavy (non-hydrogen) atoms. The predicted molar refractivity (Wildman–Crippen MR) is 166 cm³/mol. The molecule has 1 fully saturated rings. The van der Waals surface area contributed by atoms with Crippen LogP contribution in [-0.4, -0.2) is 58.2 Å². The summed E-state index contributed by atoms with van der Waals surface area (Å²) in [4.78, 5) is 10.1. The van der Waals surface area contributed by atoms with Gasteiger partial charge < -0.3 is 10.3 Å². The van der Waals surface area contributed by atoms with E-state index in [9.17, 15) is 8.42 Å². The van der Waals surface area contributed by atoms with E-state index < -0.39 is 14.8 Å². The van der Waals surface area contributed by atoms with Crippen molar-refractivity contribution in [3.8, 4) is 0 Å². The number of pyridine rings is 1. The van der Waals surface area contributed by atoms with E-state index in [1.165, 1.54) is 9.54 Å². The zero-order valence-electron chi connectivity index (χ0n) is 23.0. The van der Waals surface area contributed by atoms with Gasteiger partial charge in [0.05, 0.1) is 0 Å². The Kier molecular flexibility index (Phi) is 6.42. The molecule has 0 saturated carbocycles. The average Bonchev–Trinajstić information content (AvgIpc) is 3.65. The Morgan fingerprint density at radius 2 is 1.76 bits per heavy atom. The average molecular weight is 564 g/mol. The number of hydrogen-bond donors (Lipinski definition) is 2. The normalized spacial score (nSPS) is 20.3. The number of benzene rings is 2. The monoisotopic (exact) mass is 563 g/mol. The van der Waals surface area contributed by atoms with Gasteiger partial charge in [0.2, 0.25) is 10.0 Å². The van der Waals surface area contributed by atoms with Crippen LogP contribution in [0.25, 0.3) is 33.1 Å². The third-order valence-electron chi connectivity index (χ3n) is 8.42. The first-order valence-corrected chi connectivity index (χ1v) is 15.5. The van der Waals surface area contributed by atoms with Crippen molar-refractivity contribution in [1.29, 1.82) is 0 Å². The van der Waals surface area contributed by atoms with E-state index in [-0.39, 0.29) is 0 Å². The van der Waals surface area contributed by atoms with Gasteiger partial charge in [-0.25, -0.2) is 17.4 Å². The summed E-state index contributed by atoms with van der Waals surface area (Å²) >= 11 is 0. The van der Waals surface area contributed by atoms with Crippen LogP contribution in [-0.2, 0) is 16.6 Å². The van der Waals surface area contributed by atoms with E-state index >= 15 is 0 Å². The van der Waals surface area contributed by atoms with Crippen molar-refractivity contribution >= 4 is 43.1 Å². The second-order valence-corrected chi connectivity index (χ2v) is 13.6. The predicted octanol–water partition coefficient (Wildman–Crippen LogP) is 5.43. The number of aromatic amines is 1. The Morgan fingerprint density at radius 3 is 2.59 bits per heavy atom. The quantitative estimate of drug-likeness (QED) is 0.288.